The predicted molar refractivity (Wildman–Crippen MR) is 81.0 cm³/mol. The monoisotopic (exact) mass is 325 g/mol. The van der Waals surface area contributed by atoms with Crippen molar-refractivity contribution in [2.45, 2.75) is 32.4 Å². The fraction of sp³-hybridized carbons (Fsp3) is 0.538. The molecule has 0 bridgehead atoms. The van der Waals surface area contributed by atoms with Gasteiger partial charge in [0.05, 0.1) is 5.02 Å². The first-order valence-corrected chi connectivity index (χ1v) is 8.50. The smallest absolute Gasteiger partial charge is 0.142 e. The quantitative estimate of drug-likeness (QED) is 0.802. The first kappa shape index (κ1) is 16.9. The van der Waals surface area contributed by atoms with Gasteiger partial charge in [-0.2, -0.15) is 0 Å². The van der Waals surface area contributed by atoms with E-state index in [0.29, 0.717) is 16.3 Å². The molecule has 0 aliphatic heterocycles. The summed E-state index contributed by atoms with van der Waals surface area (Å²) >= 11 is 12.0. The highest BCUT2D eigenvalue weighted by molar-refractivity contribution is 7.84. The van der Waals surface area contributed by atoms with Gasteiger partial charge in [0, 0.05) is 45.5 Å². The molecule has 0 aliphatic carbocycles. The Kier molecular flexibility index (Phi) is 6.74. The van der Waals surface area contributed by atoms with E-state index in [1.807, 2.05) is 13.8 Å². The van der Waals surface area contributed by atoms with Crippen molar-refractivity contribution < 1.29 is 8.60 Å². The van der Waals surface area contributed by atoms with Gasteiger partial charge in [-0.3, -0.25) is 4.21 Å². The normalized spacial score (nSPS) is 16.1. The molecule has 1 aromatic carbocycles. The molecule has 3 unspecified atom stereocenters. The molecule has 6 heteroatoms. The zero-order chi connectivity index (χ0) is 14.6. The van der Waals surface area contributed by atoms with Crippen molar-refractivity contribution in [1.29, 1.82) is 0 Å². The van der Waals surface area contributed by atoms with E-state index in [-0.39, 0.29) is 17.1 Å². The maximum absolute atomic E-state index is 13.5. The highest BCUT2D eigenvalue weighted by Crippen LogP contribution is 2.32. The Morgan fingerprint density at radius 1 is 1.37 bits per heavy atom. The van der Waals surface area contributed by atoms with E-state index in [2.05, 4.69) is 5.32 Å². The summed E-state index contributed by atoms with van der Waals surface area (Å²) in [6.07, 6.45) is 2.45. The number of halogens is 3. The fourth-order valence-electron chi connectivity index (χ4n) is 1.88. The zero-order valence-corrected chi connectivity index (χ0v) is 13.5. The Balaban J connectivity index is 2.75. The van der Waals surface area contributed by atoms with Gasteiger partial charge in [0.2, 0.25) is 0 Å². The molecular formula is C13H18Cl2FNOS. The molecule has 108 valence electrons. The molecule has 0 aliphatic rings. The highest BCUT2D eigenvalue weighted by Gasteiger charge is 2.18. The Hall–Kier alpha value is -0.160. The molecular weight excluding hydrogens is 308 g/mol. The van der Waals surface area contributed by atoms with E-state index >= 15 is 0 Å². The van der Waals surface area contributed by atoms with E-state index in [0.717, 1.165) is 6.42 Å². The van der Waals surface area contributed by atoms with E-state index in [1.165, 1.54) is 12.1 Å². The SMILES string of the molecule is CC(CCS(C)=O)NC(C)c1c(Cl)ccc(F)c1Cl. The van der Waals surface area contributed by atoms with Gasteiger partial charge in [0.25, 0.3) is 0 Å². The molecule has 0 amide bonds. The lowest BCUT2D eigenvalue weighted by Gasteiger charge is -2.22. The van der Waals surface area contributed by atoms with E-state index in [9.17, 15) is 8.60 Å². The van der Waals surface area contributed by atoms with E-state index < -0.39 is 16.6 Å². The third kappa shape index (κ3) is 5.03. The topological polar surface area (TPSA) is 29.1 Å². The maximum Gasteiger partial charge on any atom is 0.142 e. The Labute approximate surface area is 126 Å². The molecule has 2 nitrogen and oxygen atoms in total. The standard InChI is InChI=1S/C13H18Cl2FNOS/c1-8(6-7-19(3)18)17-9(2)12-10(14)4-5-11(16)13(12)15/h4-5,8-9,17H,6-7H2,1-3H3. The molecule has 1 aromatic rings. The summed E-state index contributed by atoms with van der Waals surface area (Å²) in [5.41, 5.74) is 0.563. The van der Waals surface area contributed by atoms with Crippen LogP contribution in [0.2, 0.25) is 10.0 Å². The summed E-state index contributed by atoms with van der Waals surface area (Å²) in [5.74, 6) is 0.155. The van der Waals surface area contributed by atoms with Crippen molar-refractivity contribution in [3.8, 4) is 0 Å². The average molecular weight is 326 g/mol. The van der Waals surface area contributed by atoms with Crippen LogP contribution in [0.25, 0.3) is 0 Å². The largest absolute Gasteiger partial charge is 0.308 e. The number of nitrogens with one attached hydrogen (secondary N) is 1. The minimum Gasteiger partial charge on any atom is -0.308 e. The molecule has 0 saturated carbocycles. The van der Waals surface area contributed by atoms with Crippen molar-refractivity contribution in [1.82, 2.24) is 5.32 Å². The lowest BCUT2D eigenvalue weighted by molar-refractivity contribution is 0.469. The number of hydrogen-bond acceptors (Lipinski definition) is 2. The molecule has 0 fully saturated rings. The van der Waals surface area contributed by atoms with E-state index in [4.69, 9.17) is 23.2 Å². The number of rotatable bonds is 6. The molecule has 3 atom stereocenters. The Morgan fingerprint density at radius 3 is 2.58 bits per heavy atom. The molecule has 19 heavy (non-hydrogen) atoms. The first-order chi connectivity index (χ1) is 8.82. The molecule has 1 rings (SSSR count). The van der Waals surface area contributed by atoms with Gasteiger partial charge < -0.3 is 5.32 Å². The highest BCUT2D eigenvalue weighted by atomic mass is 35.5. The van der Waals surface area contributed by atoms with Crippen molar-refractivity contribution in [3.63, 3.8) is 0 Å². The summed E-state index contributed by atoms with van der Waals surface area (Å²) < 4.78 is 24.5. The van der Waals surface area contributed by atoms with Crippen LogP contribution in [0.1, 0.15) is 31.9 Å². The minimum atomic E-state index is -0.810. The second-order valence-corrected chi connectivity index (χ2v) is 6.95. The Bertz CT molecular complexity index is 470. The van der Waals surface area contributed by atoms with Gasteiger partial charge in [-0.05, 0) is 32.4 Å². The van der Waals surface area contributed by atoms with Crippen LogP contribution in [0.3, 0.4) is 0 Å². The van der Waals surface area contributed by atoms with Crippen LogP contribution in [0, 0.1) is 5.82 Å². The van der Waals surface area contributed by atoms with Crippen LogP contribution in [-0.2, 0) is 10.8 Å². The molecule has 0 spiro atoms. The van der Waals surface area contributed by atoms with Crippen LogP contribution in [0.5, 0.6) is 0 Å². The fourth-order valence-corrected chi connectivity index (χ4v) is 3.26. The van der Waals surface area contributed by atoms with Crippen molar-refractivity contribution in [2.24, 2.45) is 0 Å². The lowest BCUT2D eigenvalue weighted by Crippen LogP contribution is -2.30. The number of hydrogen-bond donors (Lipinski definition) is 1. The van der Waals surface area contributed by atoms with Crippen LogP contribution in [-0.4, -0.2) is 22.3 Å². The molecule has 0 aromatic heterocycles. The van der Waals surface area contributed by atoms with Crippen molar-refractivity contribution in [2.75, 3.05) is 12.0 Å². The van der Waals surface area contributed by atoms with Gasteiger partial charge >= 0.3 is 0 Å². The summed E-state index contributed by atoms with van der Waals surface area (Å²) in [7, 11) is -0.810. The lowest BCUT2D eigenvalue weighted by atomic mass is 10.1. The first-order valence-electron chi connectivity index (χ1n) is 6.02. The summed E-state index contributed by atoms with van der Waals surface area (Å²) in [6, 6.07) is 2.73. The van der Waals surface area contributed by atoms with E-state index in [1.54, 1.807) is 6.26 Å². The molecule has 0 radical (unpaired) electrons. The third-order valence-electron chi connectivity index (χ3n) is 2.89. The number of benzene rings is 1. The average Bonchev–Trinajstić information content (AvgIpc) is 2.32. The van der Waals surface area contributed by atoms with Crippen LogP contribution in [0.4, 0.5) is 4.39 Å². The molecule has 0 saturated heterocycles. The van der Waals surface area contributed by atoms with Gasteiger partial charge in [-0.1, -0.05) is 23.2 Å². The third-order valence-corrected chi connectivity index (χ3v) is 4.41. The van der Waals surface area contributed by atoms with Crippen LogP contribution < -0.4 is 5.32 Å². The predicted octanol–water partition coefficient (Wildman–Crippen LogP) is 3.94. The van der Waals surface area contributed by atoms with Gasteiger partial charge in [0.15, 0.2) is 0 Å². The summed E-state index contributed by atoms with van der Waals surface area (Å²) in [5, 5.41) is 3.79. The van der Waals surface area contributed by atoms with Crippen LogP contribution in [0.15, 0.2) is 12.1 Å². The molecule has 1 N–H and O–H groups in total. The Morgan fingerprint density at radius 2 is 2.00 bits per heavy atom. The van der Waals surface area contributed by atoms with Crippen molar-refractivity contribution in [3.05, 3.63) is 33.6 Å². The van der Waals surface area contributed by atoms with Crippen LogP contribution >= 0.6 is 23.2 Å². The van der Waals surface area contributed by atoms with Gasteiger partial charge in [-0.15, -0.1) is 0 Å². The van der Waals surface area contributed by atoms with Gasteiger partial charge in [-0.25, -0.2) is 4.39 Å². The molecule has 0 heterocycles. The maximum atomic E-state index is 13.5. The van der Waals surface area contributed by atoms with Gasteiger partial charge in [0.1, 0.15) is 5.82 Å². The summed E-state index contributed by atoms with van der Waals surface area (Å²) in [4.78, 5) is 0. The van der Waals surface area contributed by atoms with Crippen molar-refractivity contribution >= 4 is 34.0 Å². The summed E-state index contributed by atoms with van der Waals surface area (Å²) in [6.45, 7) is 3.87. The zero-order valence-electron chi connectivity index (χ0n) is 11.2. The second kappa shape index (κ2) is 7.58. The minimum absolute atomic E-state index is 0.0544. The second-order valence-electron chi connectivity index (χ2n) is 4.61.